The van der Waals surface area contributed by atoms with Crippen molar-refractivity contribution in [3.8, 4) is 0 Å². The Morgan fingerprint density at radius 2 is 2.06 bits per heavy atom. The van der Waals surface area contributed by atoms with Crippen LogP contribution in [0.3, 0.4) is 0 Å². The van der Waals surface area contributed by atoms with Crippen LogP contribution in [0.4, 0.5) is 0 Å². The van der Waals surface area contributed by atoms with Crippen molar-refractivity contribution < 1.29 is 4.79 Å². The van der Waals surface area contributed by atoms with Gasteiger partial charge in [0, 0.05) is 15.0 Å². The molecule has 4 heteroatoms. The molecule has 1 aromatic heterocycles. The lowest BCUT2D eigenvalue weighted by molar-refractivity contribution is 0.0753. The van der Waals surface area contributed by atoms with E-state index in [9.17, 15) is 4.79 Å². The molecule has 0 atom stereocenters. The largest absolute Gasteiger partial charge is 0.334 e. The van der Waals surface area contributed by atoms with Gasteiger partial charge < -0.3 is 4.90 Å². The lowest BCUT2D eigenvalue weighted by Crippen LogP contribution is -2.30. The summed E-state index contributed by atoms with van der Waals surface area (Å²) in [5.41, 5.74) is 0.788. The highest BCUT2D eigenvalue weighted by molar-refractivity contribution is 14.1. The number of carbonyl (C=O) groups is 1. The predicted molar refractivity (Wildman–Crippen MR) is 83.9 cm³/mol. The number of benzene rings is 1. The molecule has 2 aromatic rings. The normalized spacial score (nSPS) is 10.3. The first kappa shape index (κ1) is 13.5. The summed E-state index contributed by atoms with van der Waals surface area (Å²) in [5, 5.41) is 2.04. The maximum Gasteiger partial charge on any atom is 0.255 e. The van der Waals surface area contributed by atoms with Gasteiger partial charge in [-0.25, -0.2) is 0 Å². The number of halogens is 1. The molecule has 0 unspecified atom stereocenters. The Morgan fingerprint density at radius 1 is 1.28 bits per heavy atom. The summed E-state index contributed by atoms with van der Waals surface area (Å²) in [4.78, 5) is 15.5. The molecule has 0 fully saturated rings. The third-order valence-electron chi connectivity index (χ3n) is 2.70. The Morgan fingerprint density at radius 3 is 2.67 bits per heavy atom. The van der Waals surface area contributed by atoms with E-state index in [0.29, 0.717) is 6.54 Å². The lowest BCUT2D eigenvalue weighted by atomic mass is 10.2. The summed E-state index contributed by atoms with van der Waals surface area (Å²) in [6, 6.07) is 11.8. The molecule has 0 saturated heterocycles. The summed E-state index contributed by atoms with van der Waals surface area (Å²) < 4.78 is 1.00. The molecule has 0 spiro atoms. The van der Waals surface area contributed by atoms with Crippen LogP contribution < -0.4 is 0 Å². The number of hydrogen-bond acceptors (Lipinski definition) is 2. The zero-order chi connectivity index (χ0) is 13.0. The minimum Gasteiger partial charge on any atom is -0.334 e. The molecule has 0 aliphatic carbocycles. The van der Waals surface area contributed by atoms with Gasteiger partial charge in [-0.3, -0.25) is 4.79 Å². The van der Waals surface area contributed by atoms with Gasteiger partial charge in [0.25, 0.3) is 5.91 Å². The van der Waals surface area contributed by atoms with Crippen LogP contribution in [0.2, 0.25) is 0 Å². The van der Waals surface area contributed by atoms with Crippen LogP contribution in [0.5, 0.6) is 0 Å². The molecule has 2 rings (SSSR count). The van der Waals surface area contributed by atoms with Crippen molar-refractivity contribution in [2.75, 3.05) is 6.54 Å². The molecular formula is C14H14INOS. The van der Waals surface area contributed by atoms with Crippen LogP contribution in [0.25, 0.3) is 0 Å². The van der Waals surface area contributed by atoms with Gasteiger partial charge >= 0.3 is 0 Å². The zero-order valence-electron chi connectivity index (χ0n) is 10.1. The Kier molecular flexibility index (Phi) is 4.77. The van der Waals surface area contributed by atoms with Gasteiger partial charge in [-0.1, -0.05) is 18.2 Å². The van der Waals surface area contributed by atoms with Crippen LogP contribution in [0, 0.1) is 3.57 Å². The molecule has 2 nitrogen and oxygen atoms in total. The van der Waals surface area contributed by atoms with Crippen LogP contribution >= 0.6 is 33.9 Å². The van der Waals surface area contributed by atoms with Crippen molar-refractivity contribution >= 4 is 39.8 Å². The van der Waals surface area contributed by atoms with E-state index in [1.165, 1.54) is 4.88 Å². The van der Waals surface area contributed by atoms with Crippen molar-refractivity contribution in [3.05, 3.63) is 55.8 Å². The van der Waals surface area contributed by atoms with E-state index in [2.05, 4.69) is 28.7 Å². The van der Waals surface area contributed by atoms with E-state index >= 15 is 0 Å². The first-order chi connectivity index (χ1) is 8.72. The van der Waals surface area contributed by atoms with Crippen molar-refractivity contribution in [2.24, 2.45) is 0 Å². The summed E-state index contributed by atoms with van der Waals surface area (Å²) in [6.07, 6.45) is 0. The van der Waals surface area contributed by atoms with Crippen LogP contribution in [-0.4, -0.2) is 17.4 Å². The fourth-order valence-electron chi connectivity index (χ4n) is 1.72. The molecule has 0 aliphatic rings. The van der Waals surface area contributed by atoms with Crippen LogP contribution in [0.1, 0.15) is 22.2 Å². The highest BCUT2D eigenvalue weighted by Gasteiger charge is 2.16. The molecule has 1 aromatic carbocycles. The van der Waals surface area contributed by atoms with E-state index in [4.69, 9.17) is 0 Å². The monoisotopic (exact) mass is 371 g/mol. The number of rotatable bonds is 4. The van der Waals surface area contributed by atoms with Crippen LogP contribution in [0.15, 0.2) is 41.8 Å². The smallest absolute Gasteiger partial charge is 0.255 e. The second-order valence-corrected chi connectivity index (χ2v) is 6.07. The molecule has 0 radical (unpaired) electrons. The lowest BCUT2D eigenvalue weighted by Gasteiger charge is -2.20. The van der Waals surface area contributed by atoms with Crippen molar-refractivity contribution in [3.63, 3.8) is 0 Å². The fraction of sp³-hybridized carbons (Fsp3) is 0.214. The standard InChI is InChI=1S/C14H14INOS/c1-2-16(10-11-6-5-9-18-11)14(17)12-7-3-4-8-13(12)15/h3-9H,2,10H2,1H3. The molecule has 0 saturated carbocycles. The number of amides is 1. The van der Waals surface area contributed by atoms with Crippen molar-refractivity contribution in [2.45, 2.75) is 13.5 Å². The van der Waals surface area contributed by atoms with Crippen LogP contribution in [-0.2, 0) is 6.54 Å². The van der Waals surface area contributed by atoms with Gasteiger partial charge in [0.05, 0.1) is 12.1 Å². The summed E-state index contributed by atoms with van der Waals surface area (Å²) in [5.74, 6) is 0.107. The van der Waals surface area contributed by atoms with Gasteiger partial charge in [-0.05, 0) is 53.1 Å². The number of carbonyl (C=O) groups excluding carboxylic acids is 1. The molecule has 1 amide bonds. The zero-order valence-corrected chi connectivity index (χ0v) is 13.1. The van der Waals surface area contributed by atoms with Gasteiger partial charge in [0.2, 0.25) is 0 Å². The molecule has 0 bridgehead atoms. The summed E-state index contributed by atoms with van der Waals surface area (Å²) in [6.45, 7) is 3.43. The molecule has 94 valence electrons. The fourth-order valence-corrected chi connectivity index (χ4v) is 3.06. The number of nitrogens with zero attached hydrogens (tertiary/aromatic N) is 1. The first-order valence-electron chi connectivity index (χ1n) is 5.78. The highest BCUT2D eigenvalue weighted by atomic mass is 127. The number of hydrogen-bond donors (Lipinski definition) is 0. The topological polar surface area (TPSA) is 20.3 Å². The second kappa shape index (κ2) is 6.33. The van der Waals surface area contributed by atoms with Crippen molar-refractivity contribution in [1.82, 2.24) is 4.90 Å². The van der Waals surface area contributed by atoms with E-state index < -0.39 is 0 Å². The van der Waals surface area contributed by atoms with Gasteiger partial charge in [-0.15, -0.1) is 11.3 Å². The predicted octanol–water partition coefficient (Wildman–Crippen LogP) is 4.02. The minimum atomic E-state index is 0.107. The van der Waals surface area contributed by atoms with E-state index in [1.807, 2.05) is 47.5 Å². The SMILES string of the molecule is CCN(Cc1cccs1)C(=O)c1ccccc1I. The average Bonchev–Trinajstić information content (AvgIpc) is 2.88. The third-order valence-corrected chi connectivity index (χ3v) is 4.50. The number of thiophene rings is 1. The second-order valence-electron chi connectivity index (χ2n) is 3.88. The molecule has 18 heavy (non-hydrogen) atoms. The highest BCUT2D eigenvalue weighted by Crippen LogP contribution is 2.17. The van der Waals surface area contributed by atoms with Gasteiger partial charge in [-0.2, -0.15) is 0 Å². The van der Waals surface area contributed by atoms with Gasteiger partial charge in [0.1, 0.15) is 0 Å². The minimum absolute atomic E-state index is 0.107. The van der Waals surface area contributed by atoms with E-state index in [0.717, 1.165) is 15.7 Å². The van der Waals surface area contributed by atoms with E-state index in [-0.39, 0.29) is 5.91 Å². The van der Waals surface area contributed by atoms with E-state index in [1.54, 1.807) is 11.3 Å². The third kappa shape index (κ3) is 3.11. The molecule has 0 N–H and O–H groups in total. The average molecular weight is 371 g/mol. The molecule has 1 heterocycles. The maximum absolute atomic E-state index is 12.4. The molecular weight excluding hydrogens is 357 g/mol. The summed E-state index contributed by atoms with van der Waals surface area (Å²) in [7, 11) is 0. The maximum atomic E-state index is 12.4. The Bertz CT molecular complexity index is 524. The van der Waals surface area contributed by atoms with Gasteiger partial charge in [0.15, 0.2) is 0 Å². The Labute approximate surface area is 125 Å². The molecule has 0 aliphatic heterocycles. The summed E-state index contributed by atoms with van der Waals surface area (Å²) >= 11 is 3.90. The quantitative estimate of drug-likeness (QED) is 0.744. The van der Waals surface area contributed by atoms with Crippen molar-refractivity contribution in [1.29, 1.82) is 0 Å². The first-order valence-corrected chi connectivity index (χ1v) is 7.74. The Hall–Kier alpha value is -0.880. The Balaban J connectivity index is 2.18.